The molecule has 0 aromatic heterocycles. The highest BCUT2D eigenvalue weighted by molar-refractivity contribution is 7.92. The van der Waals surface area contributed by atoms with Gasteiger partial charge < -0.3 is 16.8 Å². The number of sulfone groups is 1. The molecule has 1 aliphatic carbocycles. The van der Waals surface area contributed by atoms with E-state index in [0.29, 0.717) is 37.8 Å². The molecule has 1 aromatic rings. The van der Waals surface area contributed by atoms with Crippen molar-refractivity contribution in [3.63, 3.8) is 0 Å². The molecule has 1 aromatic carbocycles. The maximum Gasteiger partial charge on any atom is 0.237 e. The zero-order chi connectivity index (χ0) is 19.5. The average Bonchev–Trinajstić information content (AvgIpc) is 2.54. The van der Waals surface area contributed by atoms with Gasteiger partial charge in [-0.05, 0) is 62.3 Å². The number of aryl methyl sites for hydroxylation is 2. The molecule has 7 nitrogen and oxygen atoms in total. The minimum Gasteiger partial charge on any atom is -0.368 e. The third-order valence-electron chi connectivity index (χ3n) is 5.14. The summed E-state index contributed by atoms with van der Waals surface area (Å²) in [6, 6.07) is 5.45. The van der Waals surface area contributed by atoms with Crippen molar-refractivity contribution < 1.29 is 18.0 Å². The van der Waals surface area contributed by atoms with Crippen molar-refractivity contribution in [3.8, 4) is 0 Å². The molecule has 0 atom stereocenters. The number of amides is 2. The maximum absolute atomic E-state index is 12.6. The number of rotatable bonds is 6. The van der Waals surface area contributed by atoms with Gasteiger partial charge in [0, 0.05) is 12.6 Å². The van der Waals surface area contributed by atoms with Gasteiger partial charge in [0.05, 0.1) is 16.5 Å². The van der Waals surface area contributed by atoms with Crippen LogP contribution in [0.25, 0.3) is 0 Å². The maximum atomic E-state index is 12.6. The second-order valence-corrected chi connectivity index (χ2v) is 9.56. The van der Waals surface area contributed by atoms with E-state index in [2.05, 4.69) is 5.32 Å². The van der Waals surface area contributed by atoms with E-state index >= 15 is 0 Å². The molecular weight excluding hydrogens is 354 g/mol. The molecule has 2 rings (SSSR count). The number of anilines is 1. The molecule has 0 saturated heterocycles. The predicted octanol–water partition coefficient (Wildman–Crippen LogP) is 1.04. The van der Waals surface area contributed by atoms with Gasteiger partial charge in [-0.2, -0.15) is 0 Å². The van der Waals surface area contributed by atoms with Gasteiger partial charge in [-0.15, -0.1) is 0 Å². The van der Waals surface area contributed by atoms with Crippen LogP contribution in [0.2, 0.25) is 0 Å². The summed E-state index contributed by atoms with van der Waals surface area (Å²) in [4.78, 5) is 22.5. The lowest BCUT2D eigenvalue weighted by molar-refractivity contribution is -0.124. The summed E-state index contributed by atoms with van der Waals surface area (Å²) in [5.74, 6) is -0.668. The van der Waals surface area contributed by atoms with Crippen molar-refractivity contribution in [2.75, 3.05) is 11.1 Å². The van der Waals surface area contributed by atoms with E-state index in [0.717, 1.165) is 11.1 Å². The molecule has 0 bridgehead atoms. The molecule has 144 valence electrons. The largest absolute Gasteiger partial charge is 0.368 e. The molecule has 1 saturated carbocycles. The molecule has 0 aliphatic heterocycles. The van der Waals surface area contributed by atoms with Crippen molar-refractivity contribution in [1.29, 1.82) is 0 Å². The number of hydrogen-bond acceptors (Lipinski definition) is 5. The van der Waals surface area contributed by atoms with Gasteiger partial charge in [-0.3, -0.25) is 9.59 Å². The van der Waals surface area contributed by atoms with Crippen molar-refractivity contribution in [2.45, 2.75) is 56.7 Å². The Morgan fingerprint density at radius 1 is 1.27 bits per heavy atom. The number of carbonyl (C=O) groups is 2. The molecule has 0 heterocycles. The molecule has 8 heteroatoms. The number of hydrogen-bond donors (Lipinski definition) is 3. The Bertz CT molecular complexity index is 797. The van der Waals surface area contributed by atoms with Crippen LogP contribution in [0.5, 0.6) is 0 Å². The van der Waals surface area contributed by atoms with Crippen LogP contribution in [0.3, 0.4) is 0 Å². The van der Waals surface area contributed by atoms with E-state index in [9.17, 15) is 18.0 Å². The van der Waals surface area contributed by atoms with Gasteiger partial charge in [0.25, 0.3) is 0 Å². The highest BCUT2D eigenvalue weighted by Crippen LogP contribution is 2.30. The normalized spacial score (nSPS) is 23.4. The van der Waals surface area contributed by atoms with Crippen molar-refractivity contribution in [3.05, 3.63) is 29.3 Å². The Balaban J connectivity index is 1.98. The zero-order valence-corrected chi connectivity index (χ0v) is 16.1. The summed E-state index contributed by atoms with van der Waals surface area (Å²) in [6.07, 6.45) is 1.74. The molecule has 26 heavy (non-hydrogen) atoms. The molecule has 5 N–H and O–H groups in total. The van der Waals surface area contributed by atoms with Crippen LogP contribution < -0.4 is 16.8 Å². The first-order valence-corrected chi connectivity index (χ1v) is 10.4. The summed E-state index contributed by atoms with van der Waals surface area (Å²) in [5, 5.41) is 2.23. The summed E-state index contributed by atoms with van der Waals surface area (Å²) in [5.41, 5.74) is 12.7. The van der Waals surface area contributed by atoms with Gasteiger partial charge in [0.1, 0.15) is 0 Å². The second kappa shape index (κ2) is 7.75. The van der Waals surface area contributed by atoms with Crippen LogP contribution >= 0.6 is 0 Å². The molecule has 1 fully saturated rings. The van der Waals surface area contributed by atoms with Crippen molar-refractivity contribution in [1.82, 2.24) is 0 Å². The van der Waals surface area contributed by atoms with Crippen molar-refractivity contribution in [2.24, 2.45) is 11.5 Å². The monoisotopic (exact) mass is 381 g/mol. The number of primary amides is 1. The van der Waals surface area contributed by atoms with E-state index < -0.39 is 26.5 Å². The Morgan fingerprint density at radius 2 is 1.88 bits per heavy atom. The number of benzene rings is 1. The Hall–Kier alpha value is -1.93. The lowest BCUT2D eigenvalue weighted by atomic mass is 9.82. The fraction of sp³-hybridized carbons (Fsp3) is 0.556. The minimum atomic E-state index is -3.28. The van der Waals surface area contributed by atoms with E-state index in [1.807, 2.05) is 19.1 Å². The summed E-state index contributed by atoms with van der Waals surface area (Å²) in [6.45, 7) is 3.33. The summed E-state index contributed by atoms with van der Waals surface area (Å²) >= 11 is 0. The van der Waals surface area contributed by atoms with Crippen LogP contribution in [0.1, 0.15) is 43.7 Å². The van der Waals surface area contributed by atoms with E-state index in [1.165, 1.54) is 6.92 Å². The summed E-state index contributed by atoms with van der Waals surface area (Å²) < 4.78 is 25.3. The lowest BCUT2D eigenvalue weighted by Crippen LogP contribution is -2.55. The highest BCUT2D eigenvalue weighted by Gasteiger charge is 2.40. The number of nitrogens with one attached hydrogen (secondary N) is 1. The first-order chi connectivity index (χ1) is 12.0. The second-order valence-electron chi connectivity index (χ2n) is 7.16. The summed E-state index contributed by atoms with van der Waals surface area (Å²) in [7, 11) is -3.28. The SMILES string of the molecule is CC(=O)Nc1ccc(CCS(=O)(=O)C2CCC(N)(C(N)=O)CC2)c(C)c1. The number of carbonyl (C=O) groups excluding carboxylic acids is 2. The topological polar surface area (TPSA) is 132 Å². The molecule has 0 unspecified atom stereocenters. The first kappa shape index (κ1) is 20.4. The molecule has 0 spiro atoms. The third-order valence-corrected chi connectivity index (χ3v) is 7.40. The average molecular weight is 381 g/mol. The van der Waals surface area contributed by atoms with E-state index in [4.69, 9.17) is 11.5 Å². The molecular formula is C18H27N3O4S. The molecule has 1 aliphatic rings. The Labute approximate surface area is 154 Å². The van der Waals surface area contributed by atoms with Crippen LogP contribution in [0, 0.1) is 6.92 Å². The van der Waals surface area contributed by atoms with Crippen LogP contribution in [0.4, 0.5) is 5.69 Å². The minimum absolute atomic E-state index is 0.0478. The van der Waals surface area contributed by atoms with Gasteiger partial charge in [0.2, 0.25) is 11.8 Å². The van der Waals surface area contributed by atoms with E-state index in [-0.39, 0.29) is 11.7 Å². The fourth-order valence-corrected chi connectivity index (χ4v) is 5.18. The fourth-order valence-electron chi connectivity index (χ4n) is 3.39. The van der Waals surface area contributed by atoms with Gasteiger partial charge in [0.15, 0.2) is 9.84 Å². The zero-order valence-electron chi connectivity index (χ0n) is 15.2. The highest BCUT2D eigenvalue weighted by atomic mass is 32.2. The van der Waals surface area contributed by atoms with Crippen LogP contribution in [-0.4, -0.2) is 36.8 Å². The van der Waals surface area contributed by atoms with Crippen LogP contribution in [0.15, 0.2) is 18.2 Å². The van der Waals surface area contributed by atoms with Crippen LogP contribution in [-0.2, 0) is 25.8 Å². The van der Waals surface area contributed by atoms with E-state index in [1.54, 1.807) is 6.07 Å². The Kier molecular flexibility index (Phi) is 6.08. The van der Waals surface area contributed by atoms with Gasteiger partial charge in [-0.1, -0.05) is 6.07 Å². The third kappa shape index (κ3) is 4.82. The first-order valence-electron chi connectivity index (χ1n) is 8.71. The van der Waals surface area contributed by atoms with Gasteiger partial charge >= 0.3 is 0 Å². The smallest absolute Gasteiger partial charge is 0.237 e. The lowest BCUT2D eigenvalue weighted by Gasteiger charge is -2.34. The standard InChI is InChI=1S/C18H27N3O4S/c1-12-11-15(21-13(2)22)4-3-14(12)7-10-26(24,25)16-5-8-18(20,9-6-16)17(19)23/h3-4,11,16H,5-10,20H2,1-2H3,(H2,19,23)(H,21,22). The quantitative estimate of drug-likeness (QED) is 0.677. The van der Waals surface area contributed by atoms with Crippen molar-refractivity contribution >= 4 is 27.3 Å². The molecule has 2 amide bonds. The molecule has 0 radical (unpaired) electrons. The predicted molar refractivity (Wildman–Crippen MR) is 101 cm³/mol. The number of nitrogens with two attached hydrogens (primary N) is 2. The Morgan fingerprint density at radius 3 is 2.38 bits per heavy atom. The van der Waals surface area contributed by atoms with Gasteiger partial charge in [-0.25, -0.2) is 8.42 Å².